The fourth-order valence-corrected chi connectivity index (χ4v) is 3.00. The van der Waals surface area contributed by atoms with Crippen molar-refractivity contribution in [3.05, 3.63) is 0 Å². The Balaban J connectivity index is 2.45. The third kappa shape index (κ3) is 4.89. The van der Waals surface area contributed by atoms with Crippen molar-refractivity contribution in [3.63, 3.8) is 0 Å². The van der Waals surface area contributed by atoms with Crippen LogP contribution in [0.4, 0.5) is 0 Å². The van der Waals surface area contributed by atoms with Crippen molar-refractivity contribution in [2.24, 2.45) is 11.8 Å². The zero-order valence-electron chi connectivity index (χ0n) is 13.6. The molecule has 1 rings (SSSR count). The highest BCUT2D eigenvalue weighted by molar-refractivity contribution is 4.84. The molecule has 2 nitrogen and oxygen atoms in total. The van der Waals surface area contributed by atoms with E-state index >= 15 is 0 Å². The van der Waals surface area contributed by atoms with Crippen LogP contribution in [-0.2, 0) is 0 Å². The highest BCUT2D eigenvalue weighted by Gasteiger charge is 2.29. The van der Waals surface area contributed by atoms with E-state index in [1.165, 1.54) is 19.4 Å². The molecule has 1 saturated heterocycles. The summed E-state index contributed by atoms with van der Waals surface area (Å²) in [4.78, 5) is 2.72. The van der Waals surface area contributed by atoms with Gasteiger partial charge in [-0.05, 0) is 72.4 Å². The van der Waals surface area contributed by atoms with Gasteiger partial charge in [0.15, 0.2) is 0 Å². The first-order chi connectivity index (χ1) is 8.20. The first-order valence-electron chi connectivity index (χ1n) is 7.71. The van der Waals surface area contributed by atoms with Crippen molar-refractivity contribution < 1.29 is 0 Å². The summed E-state index contributed by atoms with van der Waals surface area (Å²) in [5.74, 6) is 1.62. The quantitative estimate of drug-likeness (QED) is 0.826. The minimum absolute atomic E-state index is 0.232. The first-order valence-corrected chi connectivity index (χ1v) is 7.71. The van der Waals surface area contributed by atoms with Crippen molar-refractivity contribution in [1.82, 2.24) is 10.2 Å². The van der Waals surface area contributed by atoms with Crippen LogP contribution in [0.2, 0.25) is 0 Å². The van der Waals surface area contributed by atoms with Crippen molar-refractivity contribution in [3.8, 4) is 0 Å². The van der Waals surface area contributed by atoms with Gasteiger partial charge in [0.25, 0.3) is 0 Å². The van der Waals surface area contributed by atoms with Gasteiger partial charge >= 0.3 is 0 Å². The van der Waals surface area contributed by atoms with Crippen LogP contribution in [0.5, 0.6) is 0 Å². The van der Waals surface area contributed by atoms with Gasteiger partial charge in [-0.1, -0.05) is 13.8 Å². The standard InChI is InChI=1S/C16H34N2/c1-12-8-9-18(14(3)10-12)15(4)13(2)11-17-16(5,6)7/h12-15,17H,8-11H2,1-7H3. The van der Waals surface area contributed by atoms with E-state index in [2.05, 4.69) is 58.7 Å². The van der Waals surface area contributed by atoms with Crippen LogP contribution >= 0.6 is 0 Å². The highest BCUT2D eigenvalue weighted by atomic mass is 15.2. The summed E-state index contributed by atoms with van der Waals surface area (Å²) in [7, 11) is 0. The molecule has 4 atom stereocenters. The molecule has 108 valence electrons. The second-order valence-corrected chi connectivity index (χ2v) is 7.57. The molecule has 0 aromatic carbocycles. The molecule has 1 N–H and O–H groups in total. The lowest BCUT2D eigenvalue weighted by Crippen LogP contribution is -2.50. The van der Waals surface area contributed by atoms with Crippen molar-refractivity contribution in [2.75, 3.05) is 13.1 Å². The summed E-state index contributed by atoms with van der Waals surface area (Å²) in [5.41, 5.74) is 0.232. The van der Waals surface area contributed by atoms with Crippen LogP contribution in [0.15, 0.2) is 0 Å². The summed E-state index contributed by atoms with van der Waals surface area (Å²) >= 11 is 0. The van der Waals surface area contributed by atoms with Gasteiger partial charge in [-0.2, -0.15) is 0 Å². The largest absolute Gasteiger partial charge is 0.312 e. The van der Waals surface area contributed by atoms with Crippen molar-refractivity contribution >= 4 is 0 Å². The molecule has 1 heterocycles. The Morgan fingerprint density at radius 3 is 2.33 bits per heavy atom. The number of hydrogen-bond acceptors (Lipinski definition) is 2. The number of nitrogens with one attached hydrogen (secondary N) is 1. The lowest BCUT2D eigenvalue weighted by Gasteiger charge is -2.43. The summed E-state index contributed by atoms with van der Waals surface area (Å²) in [6.45, 7) is 18.7. The monoisotopic (exact) mass is 254 g/mol. The van der Waals surface area contributed by atoms with Crippen LogP contribution < -0.4 is 5.32 Å². The van der Waals surface area contributed by atoms with E-state index in [0.29, 0.717) is 12.0 Å². The molecule has 0 aromatic heterocycles. The average molecular weight is 254 g/mol. The number of piperidine rings is 1. The van der Waals surface area contributed by atoms with Gasteiger partial charge in [0.2, 0.25) is 0 Å². The molecule has 0 aliphatic carbocycles. The summed E-state index contributed by atoms with van der Waals surface area (Å²) < 4.78 is 0. The van der Waals surface area contributed by atoms with Crippen LogP contribution in [0.1, 0.15) is 61.3 Å². The number of nitrogens with zero attached hydrogens (tertiary/aromatic N) is 1. The lowest BCUT2D eigenvalue weighted by atomic mass is 9.89. The fourth-order valence-electron chi connectivity index (χ4n) is 3.00. The molecular weight excluding hydrogens is 220 g/mol. The lowest BCUT2D eigenvalue weighted by molar-refractivity contribution is 0.0627. The number of hydrogen-bond donors (Lipinski definition) is 1. The maximum Gasteiger partial charge on any atom is 0.0107 e. The number of rotatable bonds is 4. The van der Waals surface area contributed by atoms with E-state index in [-0.39, 0.29) is 5.54 Å². The van der Waals surface area contributed by atoms with E-state index in [4.69, 9.17) is 0 Å². The Morgan fingerprint density at radius 1 is 1.22 bits per heavy atom. The van der Waals surface area contributed by atoms with E-state index in [1.807, 2.05) is 0 Å². The summed E-state index contributed by atoms with van der Waals surface area (Å²) in [6, 6.07) is 1.43. The van der Waals surface area contributed by atoms with E-state index in [0.717, 1.165) is 18.5 Å². The normalized spacial score (nSPS) is 30.2. The Labute approximate surface area is 115 Å². The Bertz CT molecular complexity index is 244. The van der Waals surface area contributed by atoms with Crippen LogP contribution in [0.3, 0.4) is 0 Å². The molecule has 0 aromatic rings. The van der Waals surface area contributed by atoms with Gasteiger partial charge in [0, 0.05) is 17.6 Å². The van der Waals surface area contributed by atoms with E-state index < -0.39 is 0 Å². The minimum Gasteiger partial charge on any atom is -0.312 e. The van der Waals surface area contributed by atoms with E-state index in [9.17, 15) is 0 Å². The Hall–Kier alpha value is -0.0800. The molecule has 1 aliphatic heterocycles. The molecule has 0 radical (unpaired) electrons. The predicted octanol–water partition coefficient (Wildman–Crippen LogP) is 3.52. The van der Waals surface area contributed by atoms with E-state index in [1.54, 1.807) is 0 Å². The zero-order chi connectivity index (χ0) is 13.9. The summed E-state index contributed by atoms with van der Waals surface area (Å²) in [6.07, 6.45) is 2.73. The Morgan fingerprint density at radius 2 is 1.83 bits per heavy atom. The van der Waals surface area contributed by atoms with Crippen LogP contribution in [0.25, 0.3) is 0 Å². The molecule has 0 amide bonds. The van der Waals surface area contributed by atoms with Gasteiger partial charge in [-0.15, -0.1) is 0 Å². The first kappa shape index (κ1) is 16.0. The fraction of sp³-hybridized carbons (Fsp3) is 1.00. The van der Waals surface area contributed by atoms with Gasteiger partial charge in [0.1, 0.15) is 0 Å². The average Bonchev–Trinajstić information content (AvgIpc) is 2.24. The smallest absolute Gasteiger partial charge is 0.0107 e. The maximum absolute atomic E-state index is 3.64. The minimum atomic E-state index is 0.232. The third-order valence-corrected chi connectivity index (χ3v) is 4.49. The predicted molar refractivity (Wildman–Crippen MR) is 80.9 cm³/mol. The van der Waals surface area contributed by atoms with Crippen molar-refractivity contribution in [2.45, 2.75) is 78.9 Å². The second kappa shape index (κ2) is 6.38. The molecule has 0 spiro atoms. The van der Waals surface area contributed by atoms with Gasteiger partial charge in [-0.25, -0.2) is 0 Å². The SMILES string of the molecule is CC1CCN(C(C)C(C)CNC(C)(C)C)C(C)C1. The topological polar surface area (TPSA) is 15.3 Å². The summed E-state index contributed by atoms with van der Waals surface area (Å²) in [5, 5.41) is 3.64. The van der Waals surface area contributed by atoms with Gasteiger partial charge in [-0.3, -0.25) is 4.90 Å². The Kier molecular flexibility index (Phi) is 5.67. The zero-order valence-corrected chi connectivity index (χ0v) is 13.6. The van der Waals surface area contributed by atoms with Gasteiger partial charge in [0.05, 0.1) is 0 Å². The molecule has 0 saturated carbocycles. The van der Waals surface area contributed by atoms with Crippen LogP contribution in [-0.4, -0.2) is 35.6 Å². The molecule has 18 heavy (non-hydrogen) atoms. The molecular formula is C16H34N2. The molecule has 1 fully saturated rings. The third-order valence-electron chi connectivity index (χ3n) is 4.49. The molecule has 4 unspecified atom stereocenters. The highest BCUT2D eigenvalue weighted by Crippen LogP contribution is 2.26. The number of likely N-dealkylation sites (tertiary alicyclic amines) is 1. The second-order valence-electron chi connectivity index (χ2n) is 7.57. The van der Waals surface area contributed by atoms with Crippen molar-refractivity contribution in [1.29, 1.82) is 0 Å². The van der Waals surface area contributed by atoms with Crippen LogP contribution in [0, 0.1) is 11.8 Å². The molecule has 1 aliphatic rings. The molecule has 0 bridgehead atoms. The maximum atomic E-state index is 3.64. The van der Waals surface area contributed by atoms with Gasteiger partial charge < -0.3 is 5.32 Å². The molecule has 2 heteroatoms.